The van der Waals surface area contributed by atoms with Gasteiger partial charge in [-0.2, -0.15) is 0 Å². The largest absolute Gasteiger partial charge is 0.378 e. The highest BCUT2D eigenvalue weighted by Crippen LogP contribution is 2.24. The zero-order valence-electron chi connectivity index (χ0n) is 17.1. The second kappa shape index (κ2) is 8.87. The minimum atomic E-state index is -0.223. The zero-order valence-corrected chi connectivity index (χ0v) is 17.1. The van der Waals surface area contributed by atoms with Crippen molar-refractivity contribution in [3.8, 4) is 0 Å². The molecule has 1 fully saturated rings. The molecule has 2 aliphatic rings. The third-order valence-corrected chi connectivity index (χ3v) is 5.47. The van der Waals surface area contributed by atoms with E-state index in [9.17, 15) is 4.79 Å². The molecule has 2 aromatic rings. The summed E-state index contributed by atoms with van der Waals surface area (Å²) in [6.45, 7) is 9.52. The molecule has 1 unspecified atom stereocenters. The zero-order chi connectivity index (χ0) is 20.2. The van der Waals surface area contributed by atoms with Crippen LogP contribution in [0, 0.1) is 5.92 Å². The number of nitrogens with zero attached hydrogens (tertiary/aromatic N) is 5. The van der Waals surface area contributed by atoms with Crippen LogP contribution in [-0.2, 0) is 17.7 Å². The Morgan fingerprint density at radius 1 is 1.21 bits per heavy atom. The van der Waals surface area contributed by atoms with E-state index in [0.717, 1.165) is 50.8 Å². The van der Waals surface area contributed by atoms with Crippen LogP contribution in [0.5, 0.6) is 0 Å². The van der Waals surface area contributed by atoms with E-state index in [0.29, 0.717) is 24.6 Å². The Bertz CT molecular complexity index is 845. The molecule has 4 heterocycles. The number of hydrogen-bond acceptors (Lipinski definition) is 7. The van der Waals surface area contributed by atoms with Crippen LogP contribution in [0.25, 0.3) is 0 Å². The first-order valence-electron chi connectivity index (χ1n) is 10.4. The number of rotatable bonds is 5. The molecule has 29 heavy (non-hydrogen) atoms. The van der Waals surface area contributed by atoms with Crippen molar-refractivity contribution in [1.29, 1.82) is 0 Å². The minimum absolute atomic E-state index is 0.137. The van der Waals surface area contributed by atoms with E-state index in [1.807, 2.05) is 6.07 Å². The minimum Gasteiger partial charge on any atom is -0.378 e. The van der Waals surface area contributed by atoms with Gasteiger partial charge in [-0.15, -0.1) is 10.2 Å². The maximum Gasteiger partial charge on any atom is 0.255 e. The van der Waals surface area contributed by atoms with Crippen molar-refractivity contribution in [1.82, 2.24) is 30.4 Å². The molecule has 9 heteroatoms. The fourth-order valence-electron chi connectivity index (χ4n) is 3.87. The number of carbonyl (C=O) groups is 1. The molecule has 2 aliphatic heterocycles. The summed E-state index contributed by atoms with van der Waals surface area (Å²) in [6.07, 6.45) is 2.57. The van der Waals surface area contributed by atoms with Crippen LogP contribution in [0.15, 0.2) is 18.3 Å². The highest BCUT2D eigenvalue weighted by molar-refractivity contribution is 5.99. The predicted molar refractivity (Wildman–Crippen MR) is 109 cm³/mol. The maximum absolute atomic E-state index is 13.3. The molecular formula is C20H29N7O2. The van der Waals surface area contributed by atoms with Gasteiger partial charge in [-0.1, -0.05) is 13.8 Å². The van der Waals surface area contributed by atoms with Crippen LogP contribution in [0.3, 0.4) is 0 Å². The highest BCUT2D eigenvalue weighted by Gasteiger charge is 2.28. The predicted octanol–water partition coefficient (Wildman–Crippen LogP) is 0.783. The van der Waals surface area contributed by atoms with E-state index in [1.54, 1.807) is 12.3 Å². The third kappa shape index (κ3) is 4.25. The second-order valence-electron chi connectivity index (χ2n) is 7.80. The van der Waals surface area contributed by atoms with Crippen molar-refractivity contribution < 1.29 is 9.53 Å². The molecule has 0 bridgehead atoms. The van der Waals surface area contributed by atoms with Gasteiger partial charge in [0, 0.05) is 45.3 Å². The van der Waals surface area contributed by atoms with Gasteiger partial charge < -0.3 is 24.8 Å². The second-order valence-corrected chi connectivity index (χ2v) is 7.80. The molecule has 1 saturated heterocycles. The summed E-state index contributed by atoms with van der Waals surface area (Å²) in [5.41, 5.74) is 0.581. The van der Waals surface area contributed by atoms with Gasteiger partial charge in [0.25, 0.3) is 5.91 Å². The molecule has 9 nitrogen and oxygen atoms in total. The molecule has 1 amide bonds. The van der Waals surface area contributed by atoms with Crippen LogP contribution in [-0.4, -0.2) is 65.0 Å². The van der Waals surface area contributed by atoms with E-state index in [-0.39, 0.29) is 17.9 Å². The Labute approximate surface area is 170 Å². The lowest BCUT2D eigenvalue weighted by atomic mass is 10.0. The van der Waals surface area contributed by atoms with Crippen LogP contribution in [0.2, 0.25) is 0 Å². The molecule has 0 spiro atoms. The quantitative estimate of drug-likeness (QED) is 0.767. The van der Waals surface area contributed by atoms with E-state index < -0.39 is 0 Å². The smallest absolute Gasteiger partial charge is 0.255 e. The molecule has 1 atom stereocenters. The van der Waals surface area contributed by atoms with Crippen molar-refractivity contribution in [2.45, 2.75) is 32.9 Å². The summed E-state index contributed by atoms with van der Waals surface area (Å²) in [5.74, 6) is 2.54. The van der Waals surface area contributed by atoms with Crippen molar-refractivity contribution >= 4 is 11.7 Å². The van der Waals surface area contributed by atoms with Gasteiger partial charge in [0.1, 0.15) is 11.6 Å². The van der Waals surface area contributed by atoms with Crippen molar-refractivity contribution in [3.63, 3.8) is 0 Å². The van der Waals surface area contributed by atoms with Crippen LogP contribution >= 0.6 is 0 Å². The van der Waals surface area contributed by atoms with Crippen molar-refractivity contribution in [2.24, 2.45) is 5.92 Å². The molecule has 2 aromatic heterocycles. The Balaban J connectivity index is 1.59. The van der Waals surface area contributed by atoms with Gasteiger partial charge in [0.05, 0.1) is 24.8 Å². The topological polar surface area (TPSA) is 97.2 Å². The first-order valence-corrected chi connectivity index (χ1v) is 10.4. The summed E-state index contributed by atoms with van der Waals surface area (Å²) in [7, 11) is 0. The fourth-order valence-corrected chi connectivity index (χ4v) is 3.87. The normalized spacial score (nSPS) is 18.2. The number of fused-ring (bicyclic) bond motifs is 1. The third-order valence-electron chi connectivity index (χ3n) is 5.47. The average Bonchev–Trinajstić information content (AvgIpc) is 2.99. The molecule has 4 rings (SSSR count). The number of ether oxygens (including phenoxy) is 1. The number of aromatic nitrogens is 4. The number of morpholine rings is 1. The highest BCUT2D eigenvalue weighted by atomic mass is 16.5. The lowest BCUT2D eigenvalue weighted by Crippen LogP contribution is -2.39. The Hall–Kier alpha value is -2.52. The van der Waals surface area contributed by atoms with Crippen molar-refractivity contribution in [3.05, 3.63) is 35.5 Å². The average molecular weight is 399 g/mol. The summed E-state index contributed by atoms with van der Waals surface area (Å²) in [6, 6.07) is 3.41. The molecule has 0 aromatic carbocycles. The van der Waals surface area contributed by atoms with Crippen LogP contribution in [0.4, 0.5) is 5.82 Å². The molecule has 2 N–H and O–H groups in total. The standard InChI is InChI=1S/C20H29N7O2/c1-14(2)17(19-25-24-16-5-7-21-8-9-27(16)19)23-20(28)15-4-3-6-22-18(15)26-10-12-29-13-11-26/h3-4,6,14,17,21H,5,7-13H2,1-2H3,(H,23,28). The summed E-state index contributed by atoms with van der Waals surface area (Å²) < 4.78 is 7.59. The maximum atomic E-state index is 13.3. The fraction of sp³-hybridized carbons (Fsp3) is 0.600. The van der Waals surface area contributed by atoms with Crippen LogP contribution in [0.1, 0.15) is 41.9 Å². The lowest BCUT2D eigenvalue weighted by Gasteiger charge is -2.29. The van der Waals surface area contributed by atoms with Crippen molar-refractivity contribution in [2.75, 3.05) is 44.3 Å². The first-order chi connectivity index (χ1) is 14.1. The SMILES string of the molecule is CC(C)C(NC(=O)c1cccnc1N1CCOCC1)c1nnc2n1CCNCC2. The Morgan fingerprint density at radius 2 is 2.03 bits per heavy atom. The molecule has 0 aliphatic carbocycles. The van der Waals surface area contributed by atoms with Crippen LogP contribution < -0.4 is 15.5 Å². The summed E-state index contributed by atoms with van der Waals surface area (Å²) in [4.78, 5) is 19.9. The number of carbonyl (C=O) groups excluding carboxylic acids is 1. The Kier molecular flexibility index (Phi) is 6.05. The van der Waals surface area contributed by atoms with Gasteiger partial charge in [-0.05, 0) is 18.1 Å². The number of pyridine rings is 1. The van der Waals surface area contributed by atoms with Gasteiger partial charge >= 0.3 is 0 Å². The lowest BCUT2D eigenvalue weighted by molar-refractivity contribution is 0.0920. The van der Waals surface area contributed by atoms with E-state index in [4.69, 9.17) is 4.74 Å². The molecular weight excluding hydrogens is 370 g/mol. The molecule has 0 radical (unpaired) electrons. The monoisotopic (exact) mass is 399 g/mol. The van der Waals surface area contributed by atoms with E-state index in [2.05, 4.69) is 49.1 Å². The van der Waals surface area contributed by atoms with Gasteiger partial charge in [0.2, 0.25) is 0 Å². The molecule has 156 valence electrons. The number of amides is 1. The van der Waals surface area contributed by atoms with Gasteiger partial charge in [-0.3, -0.25) is 4.79 Å². The van der Waals surface area contributed by atoms with Gasteiger partial charge in [-0.25, -0.2) is 4.98 Å². The van der Waals surface area contributed by atoms with E-state index >= 15 is 0 Å². The number of hydrogen-bond donors (Lipinski definition) is 2. The summed E-state index contributed by atoms with van der Waals surface area (Å²) in [5, 5.41) is 15.4. The van der Waals surface area contributed by atoms with Gasteiger partial charge in [0.15, 0.2) is 5.82 Å². The summed E-state index contributed by atoms with van der Waals surface area (Å²) >= 11 is 0. The number of nitrogens with one attached hydrogen (secondary N) is 2. The van der Waals surface area contributed by atoms with E-state index in [1.165, 1.54) is 0 Å². The Morgan fingerprint density at radius 3 is 2.83 bits per heavy atom. The number of anilines is 1. The molecule has 0 saturated carbocycles. The first kappa shape index (κ1) is 19.8.